The maximum atomic E-state index is 5.45. The molecule has 0 atom stereocenters. The third kappa shape index (κ3) is 3.33. The van der Waals surface area contributed by atoms with Crippen molar-refractivity contribution in [2.75, 3.05) is 36.5 Å². The van der Waals surface area contributed by atoms with Crippen LogP contribution in [0.25, 0.3) is 27.8 Å². The number of nitrogens with one attached hydrogen (secondary N) is 1. The molecule has 1 aliphatic rings. The Kier molecular flexibility index (Phi) is 4.66. The zero-order valence-electron chi connectivity index (χ0n) is 17.5. The van der Waals surface area contributed by atoms with Gasteiger partial charge in [0.05, 0.1) is 30.6 Å². The van der Waals surface area contributed by atoms with Crippen LogP contribution in [0.3, 0.4) is 0 Å². The van der Waals surface area contributed by atoms with E-state index in [0.717, 1.165) is 65.6 Å². The summed E-state index contributed by atoms with van der Waals surface area (Å²) in [7, 11) is 0. The molecule has 32 heavy (non-hydrogen) atoms. The third-order valence-corrected chi connectivity index (χ3v) is 5.86. The number of hydrogen-bond donors (Lipinski definition) is 1. The highest BCUT2D eigenvalue weighted by atomic mass is 16.5. The molecule has 1 saturated heterocycles. The summed E-state index contributed by atoms with van der Waals surface area (Å²) in [6.45, 7) is 3.41. The Morgan fingerprint density at radius 2 is 1.72 bits per heavy atom. The predicted molar refractivity (Wildman–Crippen MR) is 126 cm³/mol. The average Bonchev–Trinajstić information content (AvgIpc) is 3.36. The molecule has 0 radical (unpaired) electrons. The van der Waals surface area contributed by atoms with E-state index in [1.165, 1.54) is 5.69 Å². The molecule has 6 rings (SSSR count). The van der Waals surface area contributed by atoms with Crippen LogP contribution < -0.4 is 10.2 Å². The molecule has 0 amide bonds. The van der Waals surface area contributed by atoms with Crippen LogP contribution in [0.5, 0.6) is 0 Å². The largest absolute Gasteiger partial charge is 0.378 e. The number of pyridine rings is 1. The Balaban J connectivity index is 1.34. The van der Waals surface area contributed by atoms with Crippen LogP contribution in [-0.4, -0.2) is 45.7 Å². The zero-order chi connectivity index (χ0) is 21.3. The van der Waals surface area contributed by atoms with E-state index in [1.807, 2.05) is 36.8 Å². The van der Waals surface area contributed by atoms with Gasteiger partial charge < -0.3 is 15.0 Å². The van der Waals surface area contributed by atoms with Gasteiger partial charge >= 0.3 is 0 Å². The quantitative estimate of drug-likeness (QED) is 0.459. The Bertz CT molecular complexity index is 1380. The highest BCUT2D eigenvalue weighted by Crippen LogP contribution is 2.30. The second kappa shape index (κ2) is 7.94. The highest BCUT2D eigenvalue weighted by molar-refractivity contribution is 5.94. The van der Waals surface area contributed by atoms with E-state index in [2.05, 4.69) is 61.0 Å². The summed E-state index contributed by atoms with van der Waals surface area (Å²) in [4.78, 5) is 16.1. The molecular formula is C25H22N6O. The van der Waals surface area contributed by atoms with Gasteiger partial charge in [-0.3, -0.25) is 9.38 Å². The van der Waals surface area contributed by atoms with E-state index in [4.69, 9.17) is 9.72 Å². The van der Waals surface area contributed by atoms with Crippen LogP contribution in [0, 0.1) is 0 Å². The average molecular weight is 422 g/mol. The van der Waals surface area contributed by atoms with E-state index in [9.17, 15) is 0 Å². The maximum Gasteiger partial charge on any atom is 0.180 e. The van der Waals surface area contributed by atoms with Crippen molar-refractivity contribution in [1.29, 1.82) is 0 Å². The van der Waals surface area contributed by atoms with Gasteiger partial charge in [-0.2, -0.15) is 0 Å². The molecule has 0 saturated carbocycles. The number of fused-ring (bicyclic) bond motifs is 2. The van der Waals surface area contributed by atoms with Crippen LogP contribution in [-0.2, 0) is 4.74 Å². The van der Waals surface area contributed by atoms with Crippen molar-refractivity contribution in [3.8, 4) is 11.3 Å². The fourth-order valence-electron chi connectivity index (χ4n) is 4.25. The van der Waals surface area contributed by atoms with Gasteiger partial charge in [-0.1, -0.05) is 18.2 Å². The summed E-state index contributed by atoms with van der Waals surface area (Å²) >= 11 is 0. The van der Waals surface area contributed by atoms with Crippen LogP contribution in [0.1, 0.15) is 0 Å². The number of ether oxygens (including phenoxy) is 1. The summed E-state index contributed by atoms with van der Waals surface area (Å²) in [5.74, 6) is 0.719. The number of rotatable bonds is 4. The van der Waals surface area contributed by atoms with E-state index >= 15 is 0 Å². The maximum absolute atomic E-state index is 5.45. The van der Waals surface area contributed by atoms with Gasteiger partial charge in [0.25, 0.3) is 0 Å². The summed E-state index contributed by atoms with van der Waals surface area (Å²) in [5.41, 5.74) is 5.97. The lowest BCUT2D eigenvalue weighted by Crippen LogP contribution is -2.36. The van der Waals surface area contributed by atoms with Crippen molar-refractivity contribution in [2.45, 2.75) is 0 Å². The minimum Gasteiger partial charge on any atom is -0.378 e. The molecule has 0 unspecified atom stereocenters. The summed E-state index contributed by atoms with van der Waals surface area (Å²) in [5, 5.41) is 4.52. The first-order chi connectivity index (χ1) is 15.9. The number of morpholine rings is 1. The topological polar surface area (TPSA) is 67.6 Å². The SMILES string of the molecule is c1cc(-c2cnc(Nc3ccc(N4CCOCC4)cc3)c3nccn23)c2cccnc2c1. The normalized spacial score (nSPS) is 14.2. The fraction of sp³-hybridized carbons (Fsp3) is 0.160. The lowest BCUT2D eigenvalue weighted by Gasteiger charge is -2.28. The van der Waals surface area contributed by atoms with E-state index in [0.29, 0.717) is 0 Å². The van der Waals surface area contributed by atoms with E-state index in [-0.39, 0.29) is 0 Å². The van der Waals surface area contributed by atoms with Crippen LogP contribution in [0.15, 0.2) is 79.4 Å². The van der Waals surface area contributed by atoms with Crippen LogP contribution in [0.2, 0.25) is 0 Å². The molecule has 7 nitrogen and oxygen atoms in total. The molecular weight excluding hydrogens is 400 g/mol. The molecule has 5 aromatic rings. The predicted octanol–water partition coefficient (Wildman–Crippen LogP) is 4.52. The molecule has 0 aliphatic carbocycles. The number of anilines is 3. The van der Waals surface area contributed by atoms with E-state index in [1.54, 1.807) is 6.20 Å². The first-order valence-corrected chi connectivity index (χ1v) is 10.7. The van der Waals surface area contributed by atoms with Gasteiger partial charge in [-0.05, 0) is 36.4 Å². The van der Waals surface area contributed by atoms with Crippen molar-refractivity contribution in [3.05, 3.63) is 79.4 Å². The van der Waals surface area contributed by atoms with Crippen LogP contribution >= 0.6 is 0 Å². The van der Waals surface area contributed by atoms with Gasteiger partial charge in [0.15, 0.2) is 11.5 Å². The third-order valence-electron chi connectivity index (χ3n) is 5.86. The second-order valence-corrected chi connectivity index (χ2v) is 7.76. The number of nitrogens with zero attached hydrogens (tertiary/aromatic N) is 5. The summed E-state index contributed by atoms with van der Waals surface area (Å²) in [6.07, 6.45) is 7.47. The van der Waals surface area contributed by atoms with Gasteiger partial charge in [-0.25, -0.2) is 9.97 Å². The lowest BCUT2D eigenvalue weighted by atomic mass is 10.1. The molecule has 4 heterocycles. The Labute approximate surface area is 185 Å². The van der Waals surface area contributed by atoms with Crippen molar-refractivity contribution in [1.82, 2.24) is 19.4 Å². The minimum absolute atomic E-state index is 0.719. The Hall–Kier alpha value is -3.97. The van der Waals surface area contributed by atoms with Crippen molar-refractivity contribution in [3.63, 3.8) is 0 Å². The van der Waals surface area contributed by atoms with Gasteiger partial charge in [0, 0.05) is 54.0 Å². The molecule has 1 aliphatic heterocycles. The molecule has 158 valence electrons. The van der Waals surface area contributed by atoms with Crippen LogP contribution in [0.4, 0.5) is 17.2 Å². The standard InChI is InChI=1S/C25H22N6O/c1-3-21(20-4-2-10-26-22(20)5-1)23-17-28-24(25-27-11-12-31(23)25)29-18-6-8-19(9-7-18)30-13-15-32-16-14-30/h1-12,17H,13-16H2,(H,28,29). The number of imidazole rings is 1. The Morgan fingerprint density at radius 3 is 2.59 bits per heavy atom. The molecule has 3 aromatic heterocycles. The molecule has 1 N–H and O–H groups in total. The first-order valence-electron chi connectivity index (χ1n) is 10.7. The molecule has 1 fully saturated rings. The molecule has 7 heteroatoms. The fourth-order valence-corrected chi connectivity index (χ4v) is 4.25. The second-order valence-electron chi connectivity index (χ2n) is 7.76. The molecule has 0 bridgehead atoms. The van der Waals surface area contributed by atoms with Gasteiger partial charge in [0.1, 0.15) is 0 Å². The zero-order valence-corrected chi connectivity index (χ0v) is 17.5. The van der Waals surface area contributed by atoms with E-state index < -0.39 is 0 Å². The number of aromatic nitrogens is 4. The van der Waals surface area contributed by atoms with Crippen molar-refractivity contribution >= 4 is 33.7 Å². The minimum atomic E-state index is 0.719. The number of benzene rings is 2. The lowest BCUT2D eigenvalue weighted by molar-refractivity contribution is 0.122. The Morgan fingerprint density at radius 1 is 0.844 bits per heavy atom. The molecule has 0 spiro atoms. The molecule has 2 aromatic carbocycles. The summed E-state index contributed by atoms with van der Waals surface area (Å²) < 4.78 is 7.52. The van der Waals surface area contributed by atoms with Gasteiger partial charge in [0.2, 0.25) is 0 Å². The van der Waals surface area contributed by atoms with Crippen molar-refractivity contribution < 1.29 is 4.74 Å². The van der Waals surface area contributed by atoms with Gasteiger partial charge in [-0.15, -0.1) is 0 Å². The monoisotopic (exact) mass is 422 g/mol. The smallest absolute Gasteiger partial charge is 0.180 e. The number of hydrogen-bond acceptors (Lipinski definition) is 6. The highest BCUT2D eigenvalue weighted by Gasteiger charge is 2.14. The van der Waals surface area contributed by atoms with Crippen molar-refractivity contribution in [2.24, 2.45) is 0 Å². The summed E-state index contributed by atoms with van der Waals surface area (Å²) in [6, 6.07) is 18.6. The first kappa shape index (κ1) is 18.8.